The van der Waals surface area contributed by atoms with Gasteiger partial charge in [0, 0.05) is 32.3 Å². The first-order valence-electron chi connectivity index (χ1n) is 10.3. The molecule has 1 aromatic rings. The van der Waals surface area contributed by atoms with Crippen molar-refractivity contribution in [2.75, 3.05) is 26.3 Å². The van der Waals surface area contributed by atoms with E-state index in [1.165, 1.54) is 0 Å². The van der Waals surface area contributed by atoms with Gasteiger partial charge in [0.2, 0.25) is 11.8 Å². The lowest BCUT2D eigenvalue weighted by molar-refractivity contribution is -0.175. The molecular weight excluding hydrogens is 360 g/mol. The van der Waals surface area contributed by atoms with Gasteiger partial charge in [-0.15, -0.1) is 0 Å². The van der Waals surface area contributed by atoms with Gasteiger partial charge in [-0.05, 0) is 38.2 Å². The van der Waals surface area contributed by atoms with Gasteiger partial charge in [0.05, 0.1) is 43.5 Å². The van der Waals surface area contributed by atoms with Crippen LogP contribution in [0, 0.1) is 6.92 Å². The molecule has 1 aromatic heterocycles. The fourth-order valence-electron chi connectivity index (χ4n) is 4.50. The van der Waals surface area contributed by atoms with Crippen LogP contribution >= 0.6 is 0 Å². The Kier molecular flexibility index (Phi) is 5.42. The molecule has 2 atom stereocenters. The molecule has 28 heavy (non-hydrogen) atoms. The summed E-state index contributed by atoms with van der Waals surface area (Å²) < 4.78 is 7.83. The van der Waals surface area contributed by atoms with Crippen LogP contribution in [0.4, 0.5) is 0 Å². The summed E-state index contributed by atoms with van der Waals surface area (Å²) in [6.45, 7) is 4.25. The van der Waals surface area contributed by atoms with E-state index in [0.29, 0.717) is 32.7 Å². The molecule has 2 amide bonds. The van der Waals surface area contributed by atoms with E-state index in [1.807, 2.05) is 18.0 Å². The quantitative estimate of drug-likeness (QED) is 0.773. The number of carbonyl (C=O) groups excluding carboxylic acids is 2. The lowest BCUT2D eigenvalue weighted by atomic mass is 9.74. The molecule has 1 saturated carbocycles. The van der Waals surface area contributed by atoms with E-state index in [9.17, 15) is 14.7 Å². The minimum absolute atomic E-state index is 0.0118. The number of amides is 2. The third-order valence-electron chi connectivity index (χ3n) is 6.53. The third kappa shape index (κ3) is 3.67. The fraction of sp³-hybridized carbons (Fsp3) is 0.750. The summed E-state index contributed by atoms with van der Waals surface area (Å²) in [6.07, 6.45) is 8.06. The Morgan fingerprint density at radius 2 is 2.18 bits per heavy atom. The molecule has 3 heterocycles. The van der Waals surface area contributed by atoms with Crippen LogP contribution in [-0.4, -0.2) is 80.5 Å². The van der Waals surface area contributed by atoms with Crippen LogP contribution in [0.25, 0.3) is 0 Å². The second-order valence-electron chi connectivity index (χ2n) is 8.46. The maximum atomic E-state index is 13.0. The van der Waals surface area contributed by atoms with Crippen LogP contribution in [0.5, 0.6) is 0 Å². The first-order chi connectivity index (χ1) is 13.5. The molecule has 1 N–H and O–H groups in total. The summed E-state index contributed by atoms with van der Waals surface area (Å²) in [5.41, 5.74) is 0.904. The number of rotatable bonds is 6. The van der Waals surface area contributed by atoms with Crippen molar-refractivity contribution in [3.05, 3.63) is 18.0 Å². The van der Waals surface area contributed by atoms with Crippen LogP contribution < -0.4 is 0 Å². The van der Waals surface area contributed by atoms with Crippen molar-refractivity contribution < 1.29 is 19.4 Å². The zero-order valence-electron chi connectivity index (χ0n) is 16.5. The summed E-state index contributed by atoms with van der Waals surface area (Å²) in [4.78, 5) is 29.2. The standard InChI is InChI=1S/C20H30N4O4/c1-15-10-21-22(11-15)7-4-18(26)24-12-17(28-14-20(24)5-2-6-20)9-19(27)23-8-3-16(23)13-25/h10-11,16-17,25H,2-9,12-14H2,1H3. The molecule has 2 aliphatic heterocycles. The van der Waals surface area contributed by atoms with E-state index < -0.39 is 0 Å². The topological polar surface area (TPSA) is 87.9 Å². The van der Waals surface area contributed by atoms with Crippen LogP contribution in [0.1, 0.15) is 44.1 Å². The average Bonchev–Trinajstić information content (AvgIpc) is 3.03. The van der Waals surface area contributed by atoms with E-state index in [-0.39, 0.29) is 42.5 Å². The number of aliphatic hydroxyl groups is 1. The zero-order chi connectivity index (χ0) is 19.7. The largest absolute Gasteiger partial charge is 0.394 e. The third-order valence-corrected chi connectivity index (χ3v) is 6.53. The van der Waals surface area contributed by atoms with Crippen LogP contribution in [-0.2, 0) is 20.9 Å². The first-order valence-corrected chi connectivity index (χ1v) is 10.3. The number of morpholine rings is 1. The number of hydrogen-bond donors (Lipinski definition) is 1. The average molecular weight is 390 g/mol. The predicted molar refractivity (Wildman–Crippen MR) is 101 cm³/mol. The minimum Gasteiger partial charge on any atom is -0.394 e. The second kappa shape index (κ2) is 7.83. The van der Waals surface area contributed by atoms with Gasteiger partial charge >= 0.3 is 0 Å². The lowest BCUT2D eigenvalue weighted by Gasteiger charge is -2.54. The summed E-state index contributed by atoms with van der Waals surface area (Å²) in [7, 11) is 0. The van der Waals surface area contributed by atoms with Gasteiger partial charge in [0.1, 0.15) is 0 Å². The number of ether oxygens (including phenoxy) is 1. The number of aryl methyl sites for hydroxylation is 2. The predicted octanol–water partition coefficient (Wildman–Crippen LogP) is 0.715. The van der Waals surface area contributed by atoms with E-state index in [2.05, 4.69) is 5.10 Å². The number of hydrogen-bond acceptors (Lipinski definition) is 5. The van der Waals surface area contributed by atoms with E-state index in [0.717, 1.165) is 31.2 Å². The van der Waals surface area contributed by atoms with Crippen molar-refractivity contribution >= 4 is 11.8 Å². The number of aliphatic hydroxyl groups excluding tert-OH is 1. The molecule has 3 aliphatic rings. The maximum absolute atomic E-state index is 13.0. The summed E-state index contributed by atoms with van der Waals surface area (Å²) in [5.74, 6) is 0.130. The molecule has 4 rings (SSSR count). The fourth-order valence-corrected chi connectivity index (χ4v) is 4.50. The lowest BCUT2D eigenvalue weighted by Crippen LogP contribution is -2.65. The minimum atomic E-state index is -0.269. The number of nitrogens with zero attached hydrogens (tertiary/aromatic N) is 4. The molecule has 1 aliphatic carbocycles. The number of carbonyl (C=O) groups is 2. The molecular formula is C20H30N4O4. The highest BCUT2D eigenvalue weighted by Crippen LogP contribution is 2.41. The summed E-state index contributed by atoms with van der Waals surface area (Å²) in [6, 6.07) is -0.0515. The molecule has 154 valence electrons. The zero-order valence-corrected chi connectivity index (χ0v) is 16.5. The molecule has 0 bridgehead atoms. The van der Waals surface area contributed by atoms with Crippen molar-refractivity contribution in [3.63, 3.8) is 0 Å². The van der Waals surface area contributed by atoms with Gasteiger partial charge in [-0.25, -0.2) is 0 Å². The number of likely N-dealkylation sites (tertiary alicyclic amines) is 1. The highest BCUT2D eigenvalue weighted by molar-refractivity contribution is 5.79. The SMILES string of the molecule is Cc1cnn(CCC(=O)N2CC(CC(=O)N3CCC3CO)OCC23CCC3)c1. The van der Waals surface area contributed by atoms with Gasteiger partial charge in [0.25, 0.3) is 0 Å². The van der Waals surface area contributed by atoms with Gasteiger partial charge in [-0.1, -0.05) is 0 Å². The Labute approximate surface area is 165 Å². The van der Waals surface area contributed by atoms with E-state index >= 15 is 0 Å². The van der Waals surface area contributed by atoms with Crippen molar-refractivity contribution in [1.82, 2.24) is 19.6 Å². The Bertz CT molecular complexity index is 728. The molecule has 2 saturated heterocycles. The molecule has 1 spiro atoms. The maximum Gasteiger partial charge on any atom is 0.225 e. The second-order valence-corrected chi connectivity index (χ2v) is 8.46. The molecule has 0 aromatic carbocycles. The molecule has 0 radical (unpaired) electrons. The van der Waals surface area contributed by atoms with Gasteiger partial charge < -0.3 is 19.6 Å². The Morgan fingerprint density at radius 3 is 2.75 bits per heavy atom. The summed E-state index contributed by atoms with van der Waals surface area (Å²) in [5, 5.41) is 13.6. The van der Waals surface area contributed by atoms with E-state index in [1.54, 1.807) is 15.8 Å². The highest BCUT2D eigenvalue weighted by atomic mass is 16.5. The Balaban J connectivity index is 1.36. The van der Waals surface area contributed by atoms with Crippen LogP contribution in [0.3, 0.4) is 0 Å². The Morgan fingerprint density at radius 1 is 1.36 bits per heavy atom. The smallest absolute Gasteiger partial charge is 0.225 e. The molecule has 3 fully saturated rings. The molecule has 2 unspecified atom stereocenters. The monoisotopic (exact) mass is 390 g/mol. The highest BCUT2D eigenvalue weighted by Gasteiger charge is 2.49. The van der Waals surface area contributed by atoms with Crippen molar-refractivity contribution in [2.24, 2.45) is 0 Å². The van der Waals surface area contributed by atoms with Crippen molar-refractivity contribution in [2.45, 2.75) is 69.7 Å². The van der Waals surface area contributed by atoms with Crippen LogP contribution in [0.2, 0.25) is 0 Å². The normalized spacial score (nSPS) is 26.1. The summed E-state index contributed by atoms with van der Waals surface area (Å²) >= 11 is 0. The van der Waals surface area contributed by atoms with Crippen molar-refractivity contribution in [1.29, 1.82) is 0 Å². The van der Waals surface area contributed by atoms with E-state index in [4.69, 9.17) is 4.74 Å². The van der Waals surface area contributed by atoms with Gasteiger partial charge in [-0.3, -0.25) is 14.3 Å². The molecule has 8 heteroatoms. The Hall–Kier alpha value is -1.93. The van der Waals surface area contributed by atoms with Gasteiger partial charge in [0.15, 0.2) is 0 Å². The first kappa shape index (κ1) is 19.4. The number of aromatic nitrogens is 2. The van der Waals surface area contributed by atoms with Crippen molar-refractivity contribution in [3.8, 4) is 0 Å². The van der Waals surface area contributed by atoms with Gasteiger partial charge in [-0.2, -0.15) is 5.10 Å². The van der Waals surface area contributed by atoms with Crippen LogP contribution in [0.15, 0.2) is 12.4 Å². The molecule has 8 nitrogen and oxygen atoms in total.